The Bertz CT molecular complexity index is 815. The third kappa shape index (κ3) is 6.20. The Morgan fingerprint density at radius 1 is 1.07 bits per heavy atom. The number of hydrogen-bond donors (Lipinski definition) is 2. The maximum Gasteiger partial charge on any atom is 0.227 e. The highest BCUT2D eigenvalue weighted by atomic mass is 16.1. The number of aryl methyl sites for hydroxylation is 1. The van der Waals surface area contributed by atoms with Gasteiger partial charge in [-0.05, 0) is 38.1 Å². The molecule has 1 saturated heterocycles. The van der Waals surface area contributed by atoms with Gasteiger partial charge in [0.1, 0.15) is 5.82 Å². The first-order chi connectivity index (χ1) is 14.2. The number of benzene rings is 1. The average Bonchev–Trinajstić information content (AvgIpc) is 2.74. The monoisotopic (exact) mass is 394 g/mol. The van der Waals surface area contributed by atoms with Gasteiger partial charge in [-0.15, -0.1) is 0 Å². The molecule has 29 heavy (non-hydrogen) atoms. The van der Waals surface area contributed by atoms with E-state index in [9.17, 15) is 4.79 Å². The molecule has 0 unspecified atom stereocenters. The predicted octanol–water partition coefficient (Wildman–Crippen LogP) is 2.51. The van der Waals surface area contributed by atoms with Crippen LogP contribution in [0, 0.1) is 6.92 Å². The number of guanidine groups is 1. The number of amides is 1. The van der Waals surface area contributed by atoms with Crippen molar-refractivity contribution in [3.63, 3.8) is 0 Å². The first-order valence-corrected chi connectivity index (χ1v) is 10.2. The summed E-state index contributed by atoms with van der Waals surface area (Å²) in [5, 5.41) is 6.18. The third-order valence-electron chi connectivity index (χ3n) is 4.79. The Morgan fingerprint density at radius 2 is 1.83 bits per heavy atom. The average molecular weight is 395 g/mol. The zero-order valence-electron chi connectivity index (χ0n) is 17.3. The lowest BCUT2D eigenvalue weighted by atomic mass is 10.2. The summed E-state index contributed by atoms with van der Waals surface area (Å²) in [6.45, 7) is 8.92. The number of hydrogen-bond acceptors (Lipinski definition) is 4. The Hall–Kier alpha value is -3.09. The molecule has 7 nitrogen and oxygen atoms in total. The zero-order valence-corrected chi connectivity index (χ0v) is 17.3. The van der Waals surface area contributed by atoms with Crippen LogP contribution in [0.1, 0.15) is 19.0 Å². The van der Waals surface area contributed by atoms with Gasteiger partial charge in [-0.2, -0.15) is 0 Å². The van der Waals surface area contributed by atoms with Crippen molar-refractivity contribution in [3.8, 4) is 0 Å². The number of para-hydroxylation sites is 1. The summed E-state index contributed by atoms with van der Waals surface area (Å²) >= 11 is 0. The van der Waals surface area contributed by atoms with Crippen molar-refractivity contribution in [3.05, 3.63) is 54.2 Å². The highest BCUT2D eigenvalue weighted by Crippen LogP contribution is 2.15. The topological polar surface area (TPSA) is 72.9 Å². The fraction of sp³-hybridized carbons (Fsp3) is 0.409. The second kappa shape index (κ2) is 10.5. The molecule has 1 amide bonds. The molecule has 1 aromatic heterocycles. The van der Waals surface area contributed by atoms with Crippen LogP contribution in [0.15, 0.2) is 53.5 Å². The lowest BCUT2D eigenvalue weighted by Crippen LogP contribution is -2.52. The summed E-state index contributed by atoms with van der Waals surface area (Å²) in [5.41, 5.74) is 2.14. The minimum absolute atomic E-state index is 0.0726. The van der Waals surface area contributed by atoms with Crippen molar-refractivity contribution in [2.24, 2.45) is 4.99 Å². The van der Waals surface area contributed by atoms with Gasteiger partial charge in [-0.1, -0.05) is 24.3 Å². The molecule has 3 rings (SSSR count). The van der Waals surface area contributed by atoms with Crippen LogP contribution in [-0.2, 0) is 4.79 Å². The normalized spacial score (nSPS) is 14.6. The van der Waals surface area contributed by atoms with Gasteiger partial charge in [-0.3, -0.25) is 9.79 Å². The second-order valence-electron chi connectivity index (χ2n) is 7.01. The molecule has 2 aromatic rings. The molecule has 2 N–H and O–H groups in total. The third-order valence-corrected chi connectivity index (χ3v) is 4.79. The summed E-state index contributed by atoms with van der Waals surface area (Å²) in [5.74, 6) is 1.39. The van der Waals surface area contributed by atoms with Gasteiger partial charge < -0.3 is 20.4 Å². The fourth-order valence-electron chi connectivity index (χ4n) is 3.32. The van der Waals surface area contributed by atoms with Gasteiger partial charge in [0.25, 0.3) is 0 Å². The molecule has 1 aromatic carbocycles. The van der Waals surface area contributed by atoms with Crippen molar-refractivity contribution < 1.29 is 4.79 Å². The molecule has 0 aliphatic carbocycles. The van der Waals surface area contributed by atoms with Gasteiger partial charge in [0.2, 0.25) is 5.91 Å². The second-order valence-corrected chi connectivity index (χ2v) is 7.01. The summed E-state index contributed by atoms with van der Waals surface area (Å²) in [7, 11) is 0. The van der Waals surface area contributed by atoms with Gasteiger partial charge in [0, 0.05) is 50.5 Å². The van der Waals surface area contributed by atoms with E-state index in [1.54, 1.807) is 6.07 Å². The Kier molecular flexibility index (Phi) is 7.44. The van der Waals surface area contributed by atoms with Crippen molar-refractivity contribution in [2.45, 2.75) is 20.3 Å². The number of rotatable bonds is 6. The predicted molar refractivity (Wildman–Crippen MR) is 118 cm³/mol. The molecule has 0 saturated carbocycles. The number of nitrogens with one attached hydrogen (secondary N) is 2. The summed E-state index contributed by atoms with van der Waals surface area (Å²) < 4.78 is 0. The van der Waals surface area contributed by atoms with Crippen molar-refractivity contribution in [1.82, 2.24) is 15.2 Å². The molecule has 1 fully saturated rings. The number of anilines is 2. The first kappa shape index (κ1) is 20.6. The van der Waals surface area contributed by atoms with E-state index in [2.05, 4.69) is 61.6 Å². The van der Waals surface area contributed by atoms with Crippen molar-refractivity contribution in [1.29, 1.82) is 0 Å². The Labute approximate surface area is 172 Å². The minimum Gasteiger partial charge on any atom is -0.368 e. The molecular formula is C22H30N6O. The smallest absolute Gasteiger partial charge is 0.227 e. The number of aliphatic imine (C=N–C) groups is 1. The van der Waals surface area contributed by atoms with Crippen LogP contribution in [0.3, 0.4) is 0 Å². The van der Waals surface area contributed by atoms with E-state index in [4.69, 9.17) is 0 Å². The van der Waals surface area contributed by atoms with Gasteiger partial charge >= 0.3 is 0 Å². The van der Waals surface area contributed by atoms with Crippen LogP contribution in [0.25, 0.3) is 0 Å². The maximum absolute atomic E-state index is 12.2. The molecule has 2 heterocycles. The largest absolute Gasteiger partial charge is 0.368 e. The number of piperazine rings is 1. The minimum atomic E-state index is -0.0726. The fourth-order valence-corrected chi connectivity index (χ4v) is 3.32. The molecule has 1 aliphatic heterocycles. The molecular weight excluding hydrogens is 364 g/mol. The van der Waals surface area contributed by atoms with Gasteiger partial charge in [0.15, 0.2) is 5.96 Å². The zero-order chi connectivity index (χ0) is 20.5. The van der Waals surface area contributed by atoms with E-state index in [1.807, 2.05) is 25.1 Å². The van der Waals surface area contributed by atoms with Crippen LogP contribution >= 0.6 is 0 Å². The van der Waals surface area contributed by atoms with Crippen LogP contribution in [0.4, 0.5) is 11.5 Å². The lowest BCUT2D eigenvalue weighted by Gasteiger charge is -2.37. The van der Waals surface area contributed by atoms with E-state index < -0.39 is 0 Å². The number of pyridine rings is 1. The van der Waals surface area contributed by atoms with Gasteiger partial charge in [0.05, 0.1) is 6.54 Å². The SMILES string of the molecule is CCNC(=NCCC(=O)Nc1cccc(C)n1)N1CCN(c2ccccc2)CC1. The first-order valence-electron chi connectivity index (χ1n) is 10.2. The van der Waals surface area contributed by atoms with E-state index >= 15 is 0 Å². The van der Waals surface area contributed by atoms with E-state index in [0.29, 0.717) is 18.8 Å². The van der Waals surface area contributed by atoms with E-state index in [0.717, 1.165) is 44.4 Å². The van der Waals surface area contributed by atoms with Gasteiger partial charge in [-0.25, -0.2) is 4.98 Å². The molecule has 0 atom stereocenters. The maximum atomic E-state index is 12.2. The summed E-state index contributed by atoms with van der Waals surface area (Å²) in [6.07, 6.45) is 0.328. The van der Waals surface area contributed by atoms with Crippen LogP contribution in [0.5, 0.6) is 0 Å². The number of carbonyl (C=O) groups excluding carboxylic acids is 1. The molecule has 0 spiro atoms. The highest BCUT2D eigenvalue weighted by molar-refractivity contribution is 5.90. The van der Waals surface area contributed by atoms with Crippen LogP contribution < -0.4 is 15.5 Å². The molecule has 1 aliphatic rings. The Balaban J connectivity index is 1.50. The van der Waals surface area contributed by atoms with Crippen LogP contribution in [-0.4, -0.2) is 61.0 Å². The number of carbonyl (C=O) groups is 1. The standard InChI is InChI=1S/C22H30N6O/c1-3-23-22(24-13-12-21(29)26-20-11-7-8-18(2)25-20)28-16-14-27(15-17-28)19-9-5-4-6-10-19/h4-11H,3,12-17H2,1-2H3,(H,23,24)(H,25,26,29). The highest BCUT2D eigenvalue weighted by Gasteiger charge is 2.19. The number of aromatic nitrogens is 1. The molecule has 0 radical (unpaired) electrons. The summed E-state index contributed by atoms with van der Waals surface area (Å²) in [6, 6.07) is 16.1. The quantitative estimate of drug-likeness (QED) is 0.582. The molecule has 0 bridgehead atoms. The van der Waals surface area contributed by atoms with E-state index in [1.165, 1.54) is 5.69 Å². The van der Waals surface area contributed by atoms with Crippen molar-refractivity contribution in [2.75, 3.05) is 49.5 Å². The van der Waals surface area contributed by atoms with E-state index in [-0.39, 0.29) is 5.91 Å². The Morgan fingerprint density at radius 3 is 2.52 bits per heavy atom. The summed E-state index contributed by atoms with van der Waals surface area (Å²) in [4.78, 5) is 25.8. The molecule has 154 valence electrons. The number of nitrogens with zero attached hydrogens (tertiary/aromatic N) is 4. The van der Waals surface area contributed by atoms with Crippen molar-refractivity contribution >= 4 is 23.4 Å². The lowest BCUT2D eigenvalue weighted by molar-refractivity contribution is -0.116. The van der Waals surface area contributed by atoms with Crippen LogP contribution in [0.2, 0.25) is 0 Å². The molecule has 7 heteroatoms.